The molecule has 6 heteroatoms. The maximum atomic E-state index is 11.6. The molecule has 2 aromatic rings. The molecule has 0 bridgehead atoms. The van der Waals surface area contributed by atoms with Crippen LogP contribution in [0.4, 0.5) is 0 Å². The van der Waals surface area contributed by atoms with Gasteiger partial charge >= 0.3 is 5.97 Å². The molecule has 0 aliphatic rings. The molecule has 0 amide bonds. The fourth-order valence-corrected chi connectivity index (χ4v) is 2.08. The quantitative estimate of drug-likeness (QED) is 0.621. The average molecular weight is 290 g/mol. The predicted octanol–water partition coefficient (Wildman–Crippen LogP) is 2.24. The molecule has 0 unspecified atom stereocenters. The first-order valence-electron chi connectivity index (χ1n) is 6.11. The molecule has 0 spiro atoms. The number of carbonyl (C=O) groups excluding carboxylic acids is 2. The van der Waals surface area contributed by atoms with Gasteiger partial charge in [0.1, 0.15) is 5.03 Å². The Bertz CT molecular complexity index is 645. The van der Waals surface area contributed by atoms with E-state index in [0.29, 0.717) is 5.03 Å². The van der Waals surface area contributed by atoms with Crippen molar-refractivity contribution in [3.05, 3.63) is 30.5 Å². The number of hydrogen-bond donors (Lipinski definition) is 0. The van der Waals surface area contributed by atoms with Crippen molar-refractivity contribution in [2.75, 3.05) is 5.75 Å². The molecule has 2 rings (SSSR count). The van der Waals surface area contributed by atoms with Crippen molar-refractivity contribution < 1.29 is 14.3 Å². The molecule has 0 N–H and O–H groups in total. The van der Waals surface area contributed by atoms with Gasteiger partial charge in [0.15, 0.2) is 11.9 Å². The van der Waals surface area contributed by atoms with E-state index in [-0.39, 0.29) is 11.5 Å². The van der Waals surface area contributed by atoms with Gasteiger partial charge < -0.3 is 4.74 Å². The summed E-state index contributed by atoms with van der Waals surface area (Å²) in [7, 11) is 0. The Balaban J connectivity index is 1.95. The van der Waals surface area contributed by atoms with E-state index < -0.39 is 12.1 Å². The lowest BCUT2D eigenvalue weighted by atomic mass is 10.3. The van der Waals surface area contributed by atoms with E-state index in [9.17, 15) is 9.59 Å². The maximum Gasteiger partial charge on any atom is 0.317 e. The number of hydrogen-bond acceptors (Lipinski definition) is 6. The zero-order chi connectivity index (χ0) is 14.5. The molecule has 1 aromatic carbocycles. The maximum absolute atomic E-state index is 11.6. The van der Waals surface area contributed by atoms with E-state index >= 15 is 0 Å². The fourth-order valence-electron chi connectivity index (χ4n) is 1.46. The molecule has 0 saturated carbocycles. The molecule has 5 nitrogen and oxygen atoms in total. The van der Waals surface area contributed by atoms with Crippen LogP contribution in [0.1, 0.15) is 13.8 Å². The van der Waals surface area contributed by atoms with Crippen LogP contribution in [0.5, 0.6) is 0 Å². The van der Waals surface area contributed by atoms with Gasteiger partial charge in [-0.15, -0.1) is 0 Å². The van der Waals surface area contributed by atoms with Crippen molar-refractivity contribution in [3.63, 3.8) is 0 Å². The van der Waals surface area contributed by atoms with Gasteiger partial charge in [-0.05, 0) is 26.0 Å². The SMILES string of the molecule is CC(=O)[C@H](C)OC(=O)CSc1cnc2ccccc2n1. The van der Waals surface area contributed by atoms with Crippen molar-refractivity contribution in [2.24, 2.45) is 0 Å². The molecule has 0 saturated heterocycles. The molecule has 104 valence electrons. The van der Waals surface area contributed by atoms with Crippen LogP contribution in [0.2, 0.25) is 0 Å². The molecule has 1 heterocycles. The van der Waals surface area contributed by atoms with Gasteiger partial charge in [0, 0.05) is 0 Å². The topological polar surface area (TPSA) is 69.2 Å². The number of ether oxygens (including phenoxy) is 1. The molecule has 1 aromatic heterocycles. The summed E-state index contributed by atoms with van der Waals surface area (Å²) < 4.78 is 4.96. The number of thioether (sulfide) groups is 1. The van der Waals surface area contributed by atoms with Crippen LogP contribution in [-0.2, 0) is 14.3 Å². The number of nitrogens with zero attached hydrogens (tertiary/aromatic N) is 2. The van der Waals surface area contributed by atoms with Gasteiger partial charge in [-0.25, -0.2) is 4.98 Å². The lowest BCUT2D eigenvalue weighted by molar-refractivity contribution is -0.150. The summed E-state index contributed by atoms with van der Waals surface area (Å²) in [4.78, 5) is 31.2. The van der Waals surface area contributed by atoms with Gasteiger partial charge in [-0.1, -0.05) is 23.9 Å². The van der Waals surface area contributed by atoms with Crippen molar-refractivity contribution in [2.45, 2.75) is 25.0 Å². The van der Waals surface area contributed by atoms with Crippen LogP contribution < -0.4 is 0 Å². The van der Waals surface area contributed by atoms with Crippen molar-refractivity contribution >= 4 is 34.5 Å². The Kier molecular flexibility index (Phi) is 4.68. The zero-order valence-electron chi connectivity index (χ0n) is 11.2. The smallest absolute Gasteiger partial charge is 0.317 e. The molecule has 0 aliphatic carbocycles. The first kappa shape index (κ1) is 14.5. The number of ketones is 1. The van der Waals surface area contributed by atoms with Crippen molar-refractivity contribution in [3.8, 4) is 0 Å². The van der Waals surface area contributed by atoms with Gasteiger partial charge in [0.2, 0.25) is 0 Å². The lowest BCUT2D eigenvalue weighted by Crippen LogP contribution is -2.22. The lowest BCUT2D eigenvalue weighted by Gasteiger charge is -2.09. The van der Waals surface area contributed by atoms with Gasteiger partial charge in [-0.2, -0.15) is 0 Å². The van der Waals surface area contributed by atoms with E-state index in [4.69, 9.17) is 4.74 Å². The van der Waals surface area contributed by atoms with Crippen LogP contribution in [-0.4, -0.2) is 33.6 Å². The Hall–Kier alpha value is -1.95. The fraction of sp³-hybridized carbons (Fsp3) is 0.286. The highest BCUT2D eigenvalue weighted by atomic mass is 32.2. The zero-order valence-corrected chi connectivity index (χ0v) is 12.0. The highest BCUT2D eigenvalue weighted by Gasteiger charge is 2.14. The molecular formula is C14H14N2O3S. The summed E-state index contributed by atoms with van der Waals surface area (Å²) in [5, 5.41) is 0.649. The number of benzene rings is 1. The normalized spacial score (nSPS) is 12.1. The number of esters is 1. The minimum Gasteiger partial charge on any atom is -0.454 e. The Morgan fingerprint density at radius 2 is 2.00 bits per heavy atom. The number of carbonyl (C=O) groups is 2. The van der Waals surface area contributed by atoms with Crippen LogP contribution in [0.3, 0.4) is 0 Å². The third-order valence-corrected chi connectivity index (χ3v) is 3.52. The number of aromatic nitrogens is 2. The Labute approximate surface area is 120 Å². The predicted molar refractivity (Wildman–Crippen MR) is 76.5 cm³/mol. The monoisotopic (exact) mass is 290 g/mol. The third kappa shape index (κ3) is 3.77. The molecule has 0 aliphatic heterocycles. The largest absolute Gasteiger partial charge is 0.454 e. The average Bonchev–Trinajstić information content (AvgIpc) is 2.44. The van der Waals surface area contributed by atoms with E-state index in [0.717, 1.165) is 11.0 Å². The summed E-state index contributed by atoms with van der Waals surface area (Å²) in [6.45, 7) is 2.95. The number of rotatable bonds is 5. The van der Waals surface area contributed by atoms with E-state index in [1.165, 1.54) is 18.7 Å². The minimum atomic E-state index is -0.703. The molecule has 20 heavy (non-hydrogen) atoms. The van der Waals surface area contributed by atoms with Gasteiger partial charge in [-0.3, -0.25) is 14.6 Å². The number of fused-ring (bicyclic) bond motifs is 1. The summed E-state index contributed by atoms with van der Waals surface area (Å²) in [5.74, 6) is -0.508. The van der Waals surface area contributed by atoms with Gasteiger partial charge in [0.05, 0.1) is 23.0 Å². The number of para-hydroxylation sites is 2. The molecule has 1 atom stereocenters. The van der Waals surface area contributed by atoms with Crippen LogP contribution in [0.25, 0.3) is 11.0 Å². The Morgan fingerprint density at radius 3 is 2.70 bits per heavy atom. The summed E-state index contributed by atoms with van der Waals surface area (Å²) in [6.07, 6.45) is 0.917. The molecule has 0 fully saturated rings. The highest BCUT2D eigenvalue weighted by molar-refractivity contribution is 7.99. The van der Waals surface area contributed by atoms with E-state index in [2.05, 4.69) is 9.97 Å². The minimum absolute atomic E-state index is 0.102. The van der Waals surface area contributed by atoms with Crippen molar-refractivity contribution in [1.29, 1.82) is 0 Å². The first-order valence-corrected chi connectivity index (χ1v) is 7.09. The second-order valence-electron chi connectivity index (χ2n) is 4.23. The van der Waals surface area contributed by atoms with Crippen molar-refractivity contribution in [1.82, 2.24) is 9.97 Å². The second kappa shape index (κ2) is 6.47. The van der Waals surface area contributed by atoms with Crippen LogP contribution >= 0.6 is 11.8 Å². The summed E-state index contributed by atoms with van der Waals surface area (Å²) in [6, 6.07) is 7.51. The van der Waals surface area contributed by atoms with Crippen LogP contribution in [0.15, 0.2) is 35.5 Å². The number of Topliss-reactive ketones (excluding diaryl/α,β-unsaturated/α-hetero) is 1. The molecular weight excluding hydrogens is 276 g/mol. The Morgan fingerprint density at radius 1 is 1.30 bits per heavy atom. The summed E-state index contributed by atoms with van der Waals surface area (Å²) >= 11 is 1.24. The second-order valence-corrected chi connectivity index (χ2v) is 5.22. The third-order valence-electron chi connectivity index (χ3n) is 2.65. The standard InChI is InChI=1S/C14H14N2O3S/c1-9(17)10(2)19-14(18)8-20-13-7-15-11-5-3-4-6-12(11)16-13/h3-7,10H,8H2,1-2H3/t10-/m0/s1. The van der Waals surface area contributed by atoms with Gasteiger partial charge in [0.25, 0.3) is 0 Å². The molecule has 0 radical (unpaired) electrons. The van der Waals surface area contributed by atoms with Crippen LogP contribution in [0, 0.1) is 0 Å². The highest BCUT2D eigenvalue weighted by Crippen LogP contribution is 2.18. The summed E-state index contributed by atoms with van der Waals surface area (Å²) in [5.41, 5.74) is 1.59. The first-order chi connectivity index (χ1) is 9.56. The van der Waals surface area contributed by atoms with E-state index in [1.54, 1.807) is 13.1 Å². The van der Waals surface area contributed by atoms with E-state index in [1.807, 2.05) is 24.3 Å².